The van der Waals surface area contributed by atoms with Crippen molar-refractivity contribution in [3.63, 3.8) is 0 Å². The molecule has 1 unspecified atom stereocenters. The molecule has 18 heavy (non-hydrogen) atoms. The standard InChI is InChI=1S/C14H16N2O2/c1-3-13(17)12-7-6-11(9-16-12)18-14-5-4-8-15-10(14)2/h4-9,13,17H,3H2,1-2H3. The number of hydrogen-bond acceptors (Lipinski definition) is 4. The molecule has 0 aromatic carbocycles. The van der Waals surface area contributed by atoms with Crippen LogP contribution in [0.5, 0.6) is 11.5 Å². The van der Waals surface area contributed by atoms with Crippen LogP contribution in [0.1, 0.15) is 30.8 Å². The Kier molecular flexibility index (Phi) is 3.89. The Morgan fingerprint density at radius 3 is 2.72 bits per heavy atom. The highest BCUT2D eigenvalue weighted by Crippen LogP contribution is 2.23. The van der Waals surface area contributed by atoms with Crippen LogP contribution in [0.4, 0.5) is 0 Å². The van der Waals surface area contributed by atoms with Crippen LogP contribution >= 0.6 is 0 Å². The minimum Gasteiger partial charge on any atom is -0.454 e. The summed E-state index contributed by atoms with van der Waals surface area (Å²) in [4.78, 5) is 8.33. The monoisotopic (exact) mass is 244 g/mol. The minimum absolute atomic E-state index is 0.515. The molecule has 2 aromatic rings. The van der Waals surface area contributed by atoms with Crippen molar-refractivity contribution in [1.82, 2.24) is 9.97 Å². The van der Waals surface area contributed by atoms with Gasteiger partial charge in [-0.05, 0) is 37.6 Å². The Hall–Kier alpha value is -1.94. The lowest BCUT2D eigenvalue weighted by molar-refractivity contribution is 0.169. The molecule has 0 saturated heterocycles. The Bertz CT molecular complexity index is 511. The van der Waals surface area contributed by atoms with Gasteiger partial charge in [0.2, 0.25) is 0 Å². The van der Waals surface area contributed by atoms with Gasteiger partial charge in [-0.1, -0.05) is 6.92 Å². The van der Waals surface area contributed by atoms with Crippen LogP contribution in [0, 0.1) is 6.92 Å². The summed E-state index contributed by atoms with van der Waals surface area (Å²) in [6.45, 7) is 3.80. The summed E-state index contributed by atoms with van der Waals surface area (Å²) in [5.74, 6) is 1.35. The number of ether oxygens (including phenoxy) is 1. The van der Waals surface area contributed by atoms with E-state index < -0.39 is 6.10 Å². The van der Waals surface area contributed by atoms with Gasteiger partial charge in [0.25, 0.3) is 0 Å². The molecule has 2 rings (SSSR count). The Morgan fingerprint density at radius 1 is 1.28 bits per heavy atom. The first-order valence-corrected chi connectivity index (χ1v) is 5.94. The summed E-state index contributed by atoms with van der Waals surface area (Å²) in [5, 5.41) is 9.64. The molecule has 0 saturated carbocycles. The molecule has 4 heteroatoms. The van der Waals surface area contributed by atoms with Crippen LogP contribution in [0.15, 0.2) is 36.7 Å². The number of hydrogen-bond donors (Lipinski definition) is 1. The molecule has 0 aliphatic carbocycles. The molecule has 4 nitrogen and oxygen atoms in total. The van der Waals surface area contributed by atoms with E-state index in [1.54, 1.807) is 24.5 Å². The molecule has 0 radical (unpaired) electrons. The first-order chi connectivity index (χ1) is 8.70. The first-order valence-electron chi connectivity index (χ1n) is 5.94. The van der Waals surface area contributed by atoms with Crippen LogP contribution in [-0.4, -0.2) is 15.1 Å². The third-order valence-electron chi connectivity index (χ3n) is 2.67. The fourth-order valence-electron chi connectivity index (χ4n) is 1.56. The highest BCUT2D eigenvalue weighted by Gasteiger charge is 2.07. The molecule has 94 valence electrons. The van der Waals surface area contributed by atoms with E-state index in [4.69, 9.17) is 4.74 Å². The van der Waals surface area contributed by atoms with Crippen molar-refractivity contribution in [2.24, 2.45) is 0 Å². The van der Waals surface area contributed by atoms with E-state index in [0.29, 0.717) is 23.6 Å². The molecule has 2 aromatic heterocycles. The second kappa shape index (κ2) is 5.60. The van der Waals surface area contributed by atoms with E-state index in [-0.39, 0.29) is 0 Å². The summed E-state index contributed by atoms with van der Waals surface area (Å²) in [5.41, 5.74) is 1.49. The smallest absolute Gasteiger partial charge is 0.148 e. The number of pyridine rings is 2. The maximum Gasteiger partial charge on any atom is 0.148 e. The normalized spacial score (nSPS) is 12.2. The van der Waals surface area contributed by atoms with E-state index >= 15 is 0 Å². The van der Waals surface area contributed by atoms with Crippen molar-refractivity contribution in [3.05, 3.63) is 48.0 Å². The van der Waals surface area contributed by atoms with Crippen molar-refractivity contribution >= 4 is 0 Å². The maximum atomic E-state index is 9.64. The van der Waals surface area contributed by atoms with E-state index in [0.717, 1.165) is 5.69 Å². The molecule has 0 bridgehead atoms. The topological polar surface area (TPSA) is 55.2 Å². The molecule has 2 heterocycles. The summed E-state index contributed by atoms with van der Waals surface area (Å²) in [6, 6.07) is 7.25. The Labute approximate surface area is 106 Å². The molecule has 0 aliphatic heterocycles. The van der Waals surface area contributed by atoms with Gasteiger partial charge < -0.3 is 9.84 Å². The van der Waals surface area contributed by atoms with Gasteiger partial charge >= 0.3 is 0 Å². The van der Waals surface area contributed by atoms with E-state index in [9.17, 15) is 5.11 Å². The summed E-state index contributed by atoms with van der Waals surface area (Å²) in [6.07, 6.45) is 3.47. The van der Waals surface area contributed by atoms with Gasteiger partial charge in [-0.2, -0.15) is 0 Å². The molecular weight excluding hydrogens is 228 g/mol. The first kappa shape index (κ1) is 12.5. The quantitative estimate of drug-likeness (QED) is 0.898. The van der Waals surface area contributed by atoms with Gasteiger partial charge in [0.05, 0.1) is 23.7 Å². The third kappa shape index (κ3) is 2.84. The van der Waals surface area contributed by atoms with Gasteiger partial charge in [0, 0.05) is 6.20 Å². The average molecular weight is 244 g/mol. The fourth-order valence-corrected chi connectivity index (χ4v) is 1.56. The average Bonchev–Trinajstić information content (AvgIpc) is 2.41. The second-order valence-corrected chi connectivity index (χ2v) is 4.03. The van der Waals surface area contributed by atoms with Crippen LogP contribution in [0.3, 0.4) is 0 Å². The van der Waals surface area contributed by atoms with Crippen LogP contribution in [-0.2, 0) is 0 Å². The largest absolute Gasteiger partial charge is 0.454 e. The highest BCUT2D eigenvalue weighted by molar-refractivity contribution is 5.32. The van der Waals surface area contributed by atoms with Gasteiger partial charge in [-0.3, -0.25) is 9.97 Å². The van der Waals surface area contributed by atoms with Crippen molar-refractivity contribution in [2.75, 3.05) is 0 Å². The zero-order valence-corrected chi connectivity index (χ0v) is 10.5. The Balaban J connectivity index is 2.14. The Morgan fingerprint density at radius 2 is 2.11 bits per heavy atom. The number of aryl methyl sites for hydroxylation is 1. The SMILES string of the molecule is CCC(O)c1ccc(Oc2cccnc2C)cn1. The van der Waals surface area contributed by atoms with Gasteiger partial charge in [0.15, 0.2) is 0 Å². The lowest BCUT2D eigenvalue weighted by Crippen LogP contribution is -1.98. The van der Waals surface area contributed by atoms with Crippen LogP contribution in [0.25, 0.3) is 0 Å². The minimum atomic E-state index is -0.515. The van der Waals surface area contributed by atoms with Crippen molar-refractivity contribution < 1.29 is 9.84 Å². The van der Waals surface area contributed by atoms with Crippen molar-refractivity contribution in [3.8, 4) is 11.5 Å². The second-order valence-electron chi connectivity index (χ2n) is 4.03. The molecule has 0 spiro atoms. The van der Waals surface area contributed by atoms with E-state index in [1.165, 1.54) is 0 Å². The van der Waals surface area contributed by atoms with Gasteiger partial charge in [-0.15, -0.1) is 0 Å². The molecule has 0 fully saturated rings. The number of rotatable bonds is 4. The van der Waals surface area contributed by atoms with E-state index in [2.05, 4.69) is 9.97 Å². The van der Waals surface area contributed by atoms with Crippen LogP contribution in [0.2, 0.25) is 0 Å². The molecule has 0 aliphatic rings. The van der Waals surface area contributed by atoms with Crippen LogP contribution < -0.4 is 4.74 Å². The number of aliphatic hydroxyl groups excluding tert-OH is 1. The highest BCUT2D eigenvalue weighted by atomic mass is 16.5. The molecule has 1 atom stereocenters. The molecular formula is C14H16N2O2. The number of aliphatic hydroxyl groups is 1. The van der Waals surface area contributed by atoms with Gasteiger partial charge in [0.1, 0.15) is 11.5 Å². The predicted molar refractivity (Wildman–Crippen MR) is 68.5 cm³/mol. The summed E-state index contributed by atoms with van der Waals surface area (Å²) < 4.78 is 5.67. The predicted octanol–water partition coefficient (Wildman–Crippen LogP) is 3.02. The van der Waals surface area contributed by atoms with Gasteiger partial charge in [-0.25, -0.2) is 0 Å². The number of nitrogens with zero attached hydrogens (tertiary/aromatic N) is 2. The maximum absolute atomic E-state index is 9.64. The summed E-state index contributed by atoms with van der Waals surface area (Å²) >= 11 is 0. The number of aromatic nitrogens is 2. The molecule has 1 N–H and O–H groups in total. The lowest BCUT2D eigenvalue weighted by atomic mass is 10.2. The lowest BCUT2D eigenvalue weighted by Gasteiger charge is -2.09. The fraction of sp³-hybridized carbons (Fsp3) is 0.286. The van der Waals surface area contributed by atoms with Crippen molar-refractivity contribution in [2.45, 2.75) is 26.4 Å². The van der Waals surface area contributed by atoms with E-state index in [1.807, 2.05) is 26.0 Å². The van der Waals surface area contributed by atoms with Crippen molar-refractivity contribution in [1.29, 1.82) is 0 Å². The third-order valence-corrected chi connectivity index (χ3v) is 2.67. The zero-order valence-electron chi connectivity index (χ0n) is 10.5. The summed E-state index contributed by atoms with van der Waals surface area (Å²) in [7, 11) is 0. The zero-order chi connectivity index (χ0) is 13.0. The molecule has 0 amide bonds.